The standard InChI is InChI=1S/C18H31N3O4/c1-18(2,3)25-17(24)20-11-7-6-10-14(15(22)12-19)21-16(23)13-8-4-5-9-13/h12-14,19H,4-11H2,1-3H3,(H,20,24)(H,21,23)/t14-/m0/s1. The van der Waals surface area contributed by atoms with Gasteiger partial charge in [-0.2, -0.15) is 0 Å². The van der Waals surface area contributed by atoms with Gasteiger partial charge in [0.1, 0.15) is 5.60 Å². The molecule has 1 aliphatic carbocycles. The maximum absolute atomic E-state index is 12.2. The van der Waals surface area contributed by atoms with Crippen molar-refractivity contribution in [1.82, 2.24) is 10.6 Å². The van der Waals surface area contributed by atoms with Gasteiger partial charge in [0.15, 0.2) is 5.78 Å². The number of Topliss-reactive ketones (excluding diaryl/α,β-unsaturated/α-hetero) is 1. The summed E-state index contributed by atoms with van der Waals surface area (Å²) in [5, 5.41) is 12.6. The highest BCUT2D eigenvalue weighted by Crippen LogP contribution is 2.24. The fraction of sp³-hybridized carbons (Fsp3) is 0.778. The first-order valence-corrected chi connectivity index (χ1v) is 9.04. The molecule has 1 saturated carbocycles. The van der Waals surface area contributed by atoms with E-state index in [4.69, 9.17) is 10.1 Å². The molecule has 1 fully saturated rings. The highest BCUT2D eigenvalue weighted by molar-refractivity contribution is 6.29. The molecule has 0 bridgehead atoms. The van der Waals surface area contributed by atoms with Crippen LogP contribution in [0, 0.1) is 11.3 Å². The fourth-order valence-electron chi connectivity index (χ4n) is 2.84. The molecule has 1 atom stereocenters. The largest absolute Gasteiger partial charge is 0.444 e. The van der Waals surface area contributed by atoms with Gasteiger partial charge in [0.05, 0.1) is 12.3 Å². The summed E-state index contributed by atoms with van der Waals surface area (Å²) < 4.78 is 5.14. The average molecular weight is 353 g/mol. The Morgan fingerprint density at radius 2 is 1.84 bits per heavy atom. The Kier molecular flexibility index (Phi) is 8.58. The second kappa shape index (κ2) is 10.2. The lowest BCUT2D eigenvalue weighted by molar-refractivity contribution is -0.128. The lowest BCUT2D eigenvalue weighted by Gasteiger charge is -2.20. The molecule has 0 aromatic carbocycles. The Morgan fingerprint density at radius 3 is 2.40 bits per heavy atom. The predicted octanol–water partition coefficient (Wildman–Crippen LogP) is 2.58. The summed E-state index contributed by atoms with van der Waals surface area (Å²) in [6.45, 7) is 5.84. The van der Waals surface area contributed by atoms with Gasteiger partial charge in [-0.05, 0) is 52.9 Å². The van der Waals surface area contributed by atoms with Gasteiger partial charge in [-0.15, -0.1) is 0 Å². The van der Waals surface area contributed by atoms with Gasteiger partial charge < -0.3 is 20.8 Å². The molecule has 0 radical (unpaired) electrons. The quantitative estimate of drug-likeness (QED) is 0.437. The Bertz CT molecular complexity index is 479. The van der Waals surface area contributed by atoms with Crippen LogP contribution < -0.4 is 10.6 Å². The molecule has 7 nitrogen and oxygen atoms in total. The fourth-order valence-corrected chi connectivity index (χ4v) is 2.84. The van der Waals surface area contributed by atoms with E-state index in [1.807, 2.05) is 0 Å². The first-order valence-electron chi connectivity index (χ1n) is 9.04. The summed E-state index contributed by atoms with van der Waals surface area (Å²) in [6, 6.07) is -0.646. The Labute approximate surface area is 149 Å². The normalized spacial score (nSPS) is 16.1. The molecule has 25 heavy (non-hydrogen) atoms. The van der Waals surface area contributed by atoms with E-state index < -0.39 is 17.7 Å². The van der Waals surface area contributed by atoms with Crippen molar-refractivity contribution in [3.05, 3.63) is 0 Å². The minimum atomic E-state index is -0.646. The van der Waals surface area contributed by atoms with Gasteiger partial charge >= 0.3 is 6.09 Å². The van der Waals surface area contributed by atoms with E-state index in [2.05, 4.69) is 10.6 Å². The van der Waals surface area contributed by atoms with Crippen molar-refractivity contribution in [1.29, 1.82) is 5.41 Å². The average Bonchev–Trinajstić information content (AvgIpc) is 3.05. The second-order valence-corrected chi connectivity index (χ2v) is 7.51. The van der Waals surface area contributed by atoms with E-state index in [1.54, 1.807) is 20.8 Å². The van der Waals surface area contributed by atoms with E-state index in [0.717, 1.165) is 31.9 Å². The summed E-state index contributed by atoms with van der Waals surface area (Å²) in [5.41, 5.74) is -0.532. The van der Waals surface area contributed by atoms with Gasteiger partial charge in [0.25, 0.3) is 0 Å². The Hall–Kier alpha value is -1.92. The number of ketones is 1. The molecule has 0 unspecified atom stereocenters. The zero-order valence-corrected chi connectivity index (χ0v) is 15.5. The van der Waals surface area contributed by atoms with Crippen LogP contribution in [-0.2, 0) is 14.3 Å². The molecule has 0 spiro atoms. The van der Waals surface area contributed by atoms with Gasteiger partial charge in [-0.3, -0.25) is 9.59 Å². The molecule has 7 heteroatoms. The van der Waals surface area contributed by atoms with Gasteiger partial charge in [-0.25, -0.2) is 4.79 Å². The van der Waals surface area contributed by atoms with Gasteiger partial charge in [-0.1, -0.05) is 12.8 Å². The third-order valence-corrected chi connectivity index (χ3v) is 4.12. The third-order valence-electron chi connectivity index (χ3n) is 4.12. The first kappa shape index (κ1) is 21.1. The van der Waals surface area contributed by atoms with Gasteiger partial charge in [0.2, 0.25) is 5.91 Å². The van der Waals surface area contributed by atoms with Crippen molar-refractivity contribution in [2.75, 3.05) is 6.54 Å². The smallest absolute Gasteiger partial charge is 0.407 e. The lowest BCUT2D eigenvalue weighted by atomic mass is 10.0. The highest BCUT2D eigenvalue weighted by atomic mass is 16.6. The number of nitrogens with one attached hydrogen (secondary N) is 3. The second-order valence-electron chi connectivity index (χ2n) is 7.51. The monoisotopic (exact) mass is 353 g/mol. The zero-order chi connectivity index (χ0) is 18.9. The Balaban J connectivity index is 2.31. The molecular formula is C18H31N3O4. The number of amides is 2. The van der Waals surface area contributed by atoms with E-state index >= 15 is 0 Å². The predicted molar refractivity (Wildman–Crippen MR) is 95.8 cm³/mol. The summed E-state index contributed by atoms with van der Waals surface area (Å²) >= 11 is 0. The summed E-state index contributed by atoms with van der Waals surface area (Å²) in [5.74, 6) is -0.467. The van der Waals surface area contributed by atoms with Crippen LogP contribution in [0.5, 0.6) is 0 Å². The van der Waals surface area contributed by atoms with Gasteiger partial charge in [0, 0.05) is 12.5 Å². The molecule has 3 N–H and O–H groups in total. The number of carbonyl (C=O) groups is 3. The van der Waals surface area contributed by atoms with Crippen LogP contribution in [-0.4, -0.2) is 42.2 Å². The van der Waals surface area contributed by atoms with Crippen LogP contribution in [0.3, 0.4) is 0 Å². The topological polar surface area (TPSA) is 108 Å². The number of unbranched alkanes of at least 4 members (excludes halogenated alkanes) is 1. The van der Waals surface area contributed by atoms with Crippen LogP contribution in [0.2, 0.25) is 0 Å². The maximum atomic E-state index is 12.2. The molecular weight excluding hydrogens is 322 g/mol. The molecule has 0 aromatic rings. The molecule has 0 aromatic heterocycles. The highest BCUT2D eigenvalue weighted by Gasteiger charge is 2.26. The SMILES string of the molecule is CC(C)(C)OC(=O)NCCCC[C@H](NC(=O)C1CCCC1)C(=O)C=N. The van der Waals surface area contributed by atoms with Crippen molar-refractivity contribution in [2.24, 2.45) is 5.92 Å². The first-order chi connectivity index (χ1) is 11.7. The zero-order valence-electron chi connectivity index (χ0n) is 15.5. The van der Waals surface area contributed by atoms with Crippen molar-refractivity contribution >= 4 is 24.0 Å². The molecule has 2 amide bonds. The Morgan fingerprint density at radius 1 is 1.20 bits per heavy atom. The van der Waals surface area contributed by atoms with E-state index in [-0.39, 0.29) is 17.6 Å². The number of ether oxygens (including phenoxy) is 1. The minimum Gasteiger partial charge on any atom is -0.444 e. The number of alkyl carbamates (subject to hydrolysis) is 1. The van der Waals surface area contributed by atoms with Crippen LogP contribution in [0.15, 0.2) is 0 Å². The van der Waals surface area contributed by atoms with E-state index in [9.17, 15) is 14.4 Å². The van der Waals surface area contributed by atoms with Crippen LogP contribution in [0.25, 0.3) is 0 Å². The number of carbonyl (C=O) groups excluding carboxylic acids is 3. The van der Waals surface area contributed by atoms with Crippen molar-refractivity contribution in [2.45, 2.75) is 77.4 Å². The maximum Gasteiger partial charge on any atom is 0.407 e. The molecule has 0 aliphatic heterocycles. The van der Waals surface area contributed by atoms with Crippen LogP contribution in [0.1, 0.15) is 65.7 Å². The third kappa shape index (κ3) is 8.65. The molecule has 0 saturated heterocycles. The lowest BCUT2D eigenvalue weighted by Crippen LogP contribution is -2.43. The summed E-state index contributed by atoms with van der Waals surface area (Å²) in [6.07, 6.45) is 5.94. The number of rotatable bonds is 9. The van der Waals surface area contributed by atoms with E-state index in [1.165, 1.54) is 0 Å². The van der Waals surface area contributed by atoms with Crippen LogP contribution >= 0.6 is 0 Å². The summed E-state index contributed by atoms with van der Waals surface area (Å²) in [7, 11) is 0. The van der Waals surface area contributed by atoms with Crippen molar-refractivity contribution in [3.8, 4) is 0 Å². The summed E-state index contributed by atoms with van der Waals surface area (Å²) in [4.78, 5) is 35.5. The minimum absolute atomic E-state index is 0.00475. The molecule has 0 heterocycles. The van der Waals surface area contributed by atoms with Crippen LogP contribution in [0.4, 0.5) is 4.79 Å². The molecule has 1 rings (SSSR count). The molecule has 142 valence electrons. The van der Waals surface area contributed by atoms with Crippen molar-refractivity contribution in [3.63, 3.8) is 0 Å². The molecule has 1 aliphatic rings. The van der Waals surface area contributed by atoms with Crippen molar-refractivity contribution < 1.29 is 19.1 Å². The number of hydrogen-bond donors (Lipinski definition) is 3. The van der Waals surface area contributed by atoms with E-state index in [0.29, 0.717) is 25.8 Å². The number of hydrogen-bond acceptors (Lipinski definition) is 5.